The first-order valence-corrected chi connectivity index (χ1v) is 8.89. The summed E-state index contributed by atoms with van der Waals surface area (Å²) in [7, 11) is 0. The van der Waals surface area contributed by atoms with Gasteiger partial charge in [-0.2, -0.15) is 0 Å². The number of hydrogen-bond donors (Lipinski definition) is 1. The molecule has 2 aromatic rings. The van der Waals surface area contributed by atoms with E-state index in [1.54, 1.807) is 0 Å². The standard InChI is InChI=1S/C18H21BrN4O/c1-14(18(24)21-16-7-5-15(19)6-8-16)22-10-12-23(13-11-22)17-4-2-3-9-20-17/h2-9,14H,10-13H2,1H3,(H,21,24). The van der Waals surface area contributed by atoms with Crippen LogP contribution < -0.4 is 10.2 Å². The van der Waals surface area contributed by atoms with Gasteiger partial charge in [0.1, 0.15) is 5.82 Å². The highest BCUT2D eigenvalue weighted by Gasteiger charge is 2.26. The average molecular weight is 389 g/mol. The molecule has 0 saturated carbocycles. The van der Waals surface area contributed by atoms with E-state index in [9.17, 15) is 4.79 Å². The summed E-state index contributed by atoms with van der Waals surface area (Å²) in [5.41, 5.74) is 0.821. The van der Waals surface area contributed by atoms with E-state index in [4.69, 9.17) is 0 Å². The normalized spacial score (nSPS) is 16.7. The van der Waals surface area contributed by atoms with Crippen molar-refractivity contribution in [2.45, 2.75) is 13.0 Å². The Kier molecular flexibility index (Phi) is 5.48. The first-order valence-electron chi connectivity index (χ1n) is 8.10. The zero-order valence-corrected chi connectivity index (χ0v) is 15.2. The van der Waals surface area contributed by atoms with Crippen LogP contribution in [0.3, 0.4) is 0 Å². The predicted octanol–water partition coefficient (Wildman–Crippen LogP) is 2.99. The number of rotatable bonds is 4. The summed E-state index contributed by atoms with van der Waals surface area (Å²) in [5, 5.41) is 2.98. The number of anilines is 2. The third-order valence-corrected chi connectivity index (χ3v) is 4.86. The minimum absolute atomic E-state index is 0.0311. The van der Waals surface area contributed by atoms with Gasteiger partial charge in [-0.15, -0.1) is 0 Å². The lowest BCUT2D eigenvalue weighted by molar-refractivity contribution is -0.120. The Morgan fingerprint density at radius 3 is 2.46 bits per heavy atom. The Balaban J connectivity index is 1.53. The maximum atomic E-state index is 12.5. The highest BCUT2D eigenvalue weighted by molar-refractivity contribution is 9.10. The van der Waals surface area contributed by atoms with E-state index in [0.29, 0.717) is 0 Å². The third kappa shape index (κ3) is 4.13. The van der Waals surface area contributed by atoms with Gasteiger partial charge in [-0.1, -0.05) is 22.0 Å². The van der Waals surface area contributed by atoms with Crippen LogP contribution in [0, 0.1) is 0 Å². The first-order chi connectivity index (χ1) is 11.6. The topological polar surface area (TPSA) is 48.5 Å². The molecule has 3 rings (SSSR count). The van der Waals surface area contributed by atoms with E-state index in [1.807, 2.05) is 55.6 Å². The minimum atomic E-state index is -0.153. The Morgan fingerprint density at radius 1 is 1.12 bits per heavy atom. The number of piperazine rings is 1. The lowest BCUT2D eigenvalue weighted by Crippen LogP contribution is -2.53. The molecule has 1 amide bonds. The van der Waals surface area contributed by atoms with Crippen LogP contribution in [0.15, 0.2) is 53.1 Å². The maximum absolute atomic E-state index is 12.5. The molecule has 1 unspecified atom stereocenters. The van der Waals surface area contributed by atoms with Crippen molar-refractivity contribution in [3.8, 4) is 0 Å². The van der Waals surface area contributed by atoms with Gasteiger partial charge in [0.15, 0.2) is 0 Å². The van der Waals surface area contributed by atoms with Gasteiger partial charge in [-0.3, -0.25) is 9.69 Å². The van der Waals surface area contributed by atoms with Crippen molar-refractivity contribution >= 4 is 33.3 Å². The van der Waals surface area contributed by atoms with Crippen LogP contribution in [0.2, 0.25) is 0 Å². The number of hydrogen-bond acceptors (Lipinski definition) is 4. The number of aromatic nitrogens is 1. The number of amides is 1. The van der Waals surface area contributed by atoms with Crippen molar-refractivity contribution in [2.24, 2.45) is 0 Å². The fourth-order valence-electron chi connectivity index (χ4n) is 2.82. The van der Waals surface area contributed by atoms with E-state index in [-0.39, 0.29) is 11.9 Å². The van der Waals surface area contributed by atoms with E-state index in [1.165, 1.54) is 0 Å². The lowest BCUT2D eigenvalue weighted by atomic mass is 10.2. The second kappa shape index (κ2) is 7.77. The molecule has 1 N–H and O–H groups in total. The predicted molar refractivity (Wildman–Crippen MR) is 100 cm³/mol. The Morgan fingerprint density at radius 2 is 1.83 bits per heavy atom. The van der Waals surface area contributed by atoms with Crippen molar-refractivity contribution in [1.29, 1.82) is 0 Å². The van der Waals surface area contributed by atoms with Crippen molar-refractivity contribution in [1.82, 2.24) is 9.88 Å². The molecular formula is C18H21BrN4O. The summed E-state index contributed by atoms with van der Waals surface area (Å²) in [6.45, 7) is 5.43. The van der Waals surface area contributed by atoms with Crippen molar-refractivity contribution in [3.63, 3.8) is 0 Å². The van der Waals surface area contributed by atoms with E-state index in [2.05, 4.69) is 36.0 Å². The van der Waals surface area contributed by atoms with Gasteiger partial charge in [0, 0.05) is 42.5 Å². The number of pyridine rings is 1. The van der Waals surface area contributed by atoms with Gasteiger partial charge in [0.05, 0.1) is 6.04 Å². The summed E-state index contributed by atoms with van der Waals surface area (Å²) in [6.07, 6.45) is 1.82. The average Bonchev–Trinajstić information content (AvgIpc) is 2.64. The zero-order valence-electron chi connectivity index (χ0n) is 13.7. The molecule has 1 aromatic carbocycles. The highest BCUT2D eigenvalue weighted by Crippen LogP contribution is 2.17. The molecule has 1 aliphatic heterocycles. The van der Waals surface area contributed by atoms with Gasteiger partial charge in [0.25, 0.3) is 0 Å². The number of benzene rings is 1. The number of carbonyl (C=O) groups excluding carboxylic acids is 1. The Bertz CT molecular complexity index is 669. The minimum Gasteiger partial charge on any atom is -0.354 e. The molecule has 0 bridgehead atoms. The fraction of sp³-hybridized carbons (Fsp3) is 0.333. The van der Waals surface area contributed by atoms with Gasteiger partial charge in [-0.25, -0.2) is 4.98 Å². The number of nitrogens with zero attached hydrogens (tertiary/aromatic N) is 3. The third-order valence-electron chi connectivity index (χ3n) is 4.33. The van der Waals surface area contributed by atoms with Crippen molar-refractivity contribution in [2.75, 3.05) is 36.4 Å². The van der Waals surface area contributed by atoms with Crippen LogP contribution in [0.5, 0.6) is 0 Å². The zero-order chi connectivity index (χ0) is 16.9. The van der Waals surface area contributed by atoms with Crippen molar-refractivity contribution < 1.29 is 4.79 Å². The summed E-state index contributed by atoms with van der Waals surface area (Å²) in [4.78, 5) is 21.3. The molecule has 126 valence electrons. The molecule has 1 aliphatic rings. The van der Waals surface area contributed by atoms with E-state index >= 15 is 0 Å². The van der Waals surface area contributed by atoms with Crippen molar-refractivity contribution in [3.05, 3.63) is 53.1 Å². The molecule has 1 saturated heterocycles. The van der Waals surface area contributed by atoms with Crippen LogP contribution in [0.4, 0.5) is 11.5 Å². The van der Waals surface area contributed by atoms with Crippen LogP contribution in [0.1, 0.15) is 6.92 Å². The monoisotopic (exact) mass is 388 g/mol. The lowest BCUT2D eigenvalue weighted by Gasteiger charge is -2.37. The smallest absolute Gasteiger partial charge is 0.241 e. The van der Waals surface area contributed by atoms with Gasteiger partial charge < -0.3 is 10.2 Å². The molecule has 6 heteroatoms. The second-order valence-electron chi connectivity index (χ2n) is 5.88. The SMILES string of the molecule is CC(C(=O)Nc1ccc(Br)cc1)N1CCN(c2ccccn2)CC1. The molecule has 24 heavy (non-hydrogen) atoms. The number of carbonyl (C=O) groups is 1. The summed E-state index contributed by atoms with van der Waals surface area (Å²) >= 11 is 3.40. The molecule has 1 fully saturated rings. The molecule has 0 aliphatic carbocycles. The number of nitrogens with one attached hydrogen (secondary N) is 1. The molecular weight excluding hydrogens is 368 g/mol. The molecule has 2 heterocycles. The van der Waals surface area contributed by atoms with E-state index < -0.39 is 0 Å². The summed E-state index contributed by atoms with van der Waals surface area (Å²) in [5.74, 6) is 1.03. The van der Waals surface area contributed by atoms with Crippen LogP contribution in [0.25, 0.3) is 0 Å². The quantitative estimate of drug-likeness (QED) is 0.874. The maximum Gasteiger partial charge on any atom is 0.241 e. The summed E-state index contributed by atoms with van der Waals surface area (Å²) in [6, 6.07) is 13.4. The molecule has 0 spiro atoms. The highest BCUT2D eigenvalue weighted by atomic mass is 79.9. The van der Waals surface area contributed by atoms with E-state index in [0.717, 1.165) is 42.2 Å². The molecule has 1 aromatic heterocycles. The first kappa shape index (κ1) is 16.9. The molecule has 5 nitrogen and oxygen atoms in total. The van der Waals surface area contributed by atoms with Gasteiger partial charge in [0.2, 0.25) is 5.91 Å². The largest absolute Gasteiger partial charge is 0.354 e. The fourth-order valence-corrected chi connectivity index (χ4v) is 3.09. The Labute approximate surface area is 150 Å². The van der Waals surface area contributed by atoms with Crippen LogP contribution in [-0.4, -0.2) is 48.0 Å². The molecule has 1 atom stereocenters. The van der Waals surface area contributed by atoms with Crippen LogP contribution in [-0.2, 0) is 4.79 Å². The molecule has 0 radical (unpaired) electrons. The van der Waals surface area contributed by atoms with Gasteiger partial charge in [-0.05, 0) is 43.3 Å². The van der Waals surface area contributed by atoms with Gasteiger partial charge >= 0.3 is 0 Å². The Hall–Kier alpha value is -1.92. The van der Waals surface area contributed by atoms with Crippen LogP contribution >= 0.6 is 15.9 Å². The number of halogens is 1. The summed E-state index contributed by atoms with van der Waals surface area (Å²) < 4.78 is 0.999. The second-order valence-corrected chi connectivity index (χ2v) is 6.80.